The van der Waals surface area contributed by atoms with Gasteiger partial charge in [0.15, 0.2) is 0 Å². The van der Waals surface area contributed by atoms with Gasteiger partial charge in [0.25, 0.3) is 0 Å². The molecule has 0 radical (unpaired) electrons. The minimum absolute atomic E-state index is 0.601. The Morgan fingerprint density at radius 2 is 2.06 bits per heavy atom. The number of hydrogen-bond acceptors (Lipinski definition) is 3. The predicted molar refractivity (Wildman–Crippen MR) is 78.3 cm³/mol. The maximum atomic E-state index is 2.71. The number of aryl methyl sites for hydroxylation is 1. The molecule has 0 aliphatic carbocycles. The van der Waals surface area contributed by atoms with Gasteiger partial charge in [0.1, 0.15) is 0 Å². The van der Waals surface area contributed by atoms with Crippen LogP contribution in [0.15, 0.2) is 12.1 Å². The van der Waals surface area contributed by atoms with Crippen LogP contribution >= 0.6 is 11.3 Å². The van der Waals surface area contributed by atoms with Crippen LogP contribution in [0.25, 0.3) is 0 Å². The van der Waals surface area contributed by atoms with Gasteiger partial charge < -0.3 is 0 Å². The van der Waals surface area contributed by atoms with Crippen molar-refractivity contribution in [3.63, 3.8) is 0 Å². The summed E-state index contributed by atoms with van der Waals surface area (Å²) in [6, 6.07) is 6.01. The van der Waals surface area contributed by atoms with Crippen LogP contribution in [-0.4, -0.2) is 42.0 Å². The van der Waals surface area contributed by atoms with Crippen molar-refractivity contribution in [2.24, 2.45) is 0 Å². The average molecular weight is 264 g/mol. The molecule has 100 valence electrons. The summed E-state index contributed by atoms with van der Waals surface area (Å²) in [5.41, 5.74) is 0. The van der Waals surface area contributed by atoms with E-state index < -0.39 is 0 Å². The van der Waals surface area contributed by atoms with Crippen LogP contribution in [0.1, 0.15) is 42.0 Å². The molecular weight excluding hydrogens is 240 g/mol. The summed E-state index contributed by atoms with van der Waals surface area (Å²) in [6.45, 7) is 9.80. The maximum Gasteiger partial charge on any atom is 0.0414 e. The zero-order valence-corrected chi connectivity index (χ0v) is 12.4. The molecule has 2 saturated heterocycles. The molecule has 2 fully saturated rings. The first-order valence-corrected chi connectivity index (χ1v) is 8.10. The maximum absolute atomic E-state index is 2.71. The molecule has 2 atom stereocenters. The van der Waals surface area contributed by atoms with Gasteiger partial charge in [-0.15, -0.1) is 11.3 Å². The SMILES string of the molecule is Cc1ccc(C(C)N2CCCN3CCCC3C2)s1. The van der Waals surface area contributed by atoms with E-state index in [9.17, 15) is 0 Å². The molecule has 1 aromatic heterocycles. The Hall–Kier alpha value is -0.380. The van der Waals surface area contributed by atoms with E-state index in [1.165, 1.54) is 50.3 Å². The van der Waals surface area contributed by atoms with E-state index in [-0.39, 0.29) is 0 Å². The molecule has 0 bridgehead atoms. The van der Waals surface area contributed by atoms with Gasteiger partial charge >= 0.3 is 0 Å². The summed E-state index contributed by atoms with van der Waals surface area (Å²) in [5, 5.41) is 0. The average Bonchev–Trinajstić information content (AvgIpc) is 2.93. The van der Waals surface area contributed by atoms with Crippen molar-refractivity contribution in [1.82, 2.24) is 9.80 Å². The van der Waals surface area contributed by atoms with E-state index in [1.54, 1.807) is 4.88 Å². The lowest BCUT2D eigenvalue weighted by Crippen LogP contribution is -2.37. The molecule has 2 unspecified atom stereocenters. The fourth-order valence-electron chi connectivity index (χ4n) is 3.44. The van der Waals surface area contributed by atoms with Crippen LogP contribution in [0.4, 0.5) is 0 Å². The first kappa shape index (κ1) is 12.6. The highest BCUT2D eigenvalue weighted by atomic mass is 32.1. The van der Waals surface area contributed by atoms with Crippen molar-refractivity contribution >= 4 is 11.3 Å². The van der Waals surface area contributed by atoms with Gasteiger partial charge in [0, 0.05) is 34.9 Å². The highest BCUT2D eigenvalue weighted by Gasteiger charge is 2.30. The van der Waals surface area contributed by atoms with E-state index in [4.69, 9.17) is 0 Å². The van der Waals surface area contributed by atoms with Gasteiger partial charge in [-0.1, -0.05) is 0 Å². The first-order chi connectivity index (χ1) is 8.74. The molecule has 0 saturated carbocycles. The monoisotopic (exact) mass is 264 g/mol. The van der Waals surface area contributed by atoms with Crippen molar-refractivity contribution in [2.45, 2.75) is 45.2 Å². The minimum Gasteiger partial charge on any atom is -0.299 e. The molecule has 0 spiro atoms. The lowest BCUT2D eigenvalue weighted by atomic mass is 10.1. The molecular formula is C15H24N2S. The molecule has 2 nitrogen and oxygen atoms in total. The molecule has 0 N–H and O–H groups in total. The van der Waals surface area contributed by atoms with Crippen molar-refractivity contribution in [3.8, 4) is 0 Å². The Labute approximate surface area is 115 Å². The van der Waals surface area contributed by atoms with Crippen LogP contribution in [0.5, 0.6) is 0 Å². The number of fused-ring (bicyclic) bond motifs is 1. The lowest BCUT2D eigenvalue weighted by molar-refractivity contribution is 0.184. The van der Waals surface area contributed by atoms with E-state index in [1.807, 2.05) is 11.3 Å². The molecule has 1 aromatic rings. The third-order valence-corrected chi connectivity index (χ3v) is 5.73. The number of nitrogens with zero attached hydrogens (tertiary/aromatic N) is 2. The second-order valence-electron chi connectivity index (χ2n) is 5.80. The molecule has 18 heavy (non-hydrogen) atoms. The van der Waals surface area contributed by atoms with Gasteiger partial charge in [0.05, 0.1) is 0 Å². The third-order valence-electron chi connectivity index (χ3n) is 4.56. The lowest BCUT2D eigenvalue weighted by Gasteiger charge is -2.30. The standard InChI is InChI=1S/C15H24N2S/c1-12-6-7-15(18-12)13(2)17-10-4-9-16-8-3-5-14(16)11-17/h6-7,13-14H,3-5,8-11H2,1-2H3. The van der Waals surface area contributed by atoms with Crippen LogP contribution in [0.2, 0.25) is 0 Å². The fourth-order valence-corrected chi connectivity index (χ4v) is 4.41. The molecule has 0 aromatic carbocycles. The van der Waals surface area contributed by atoms with Crippen molar-refractivity contribution in [2.75, 3.05) is 26.2 Å². The zero-order valence-electron chi connectivity index (χ0n) is 11.6. The molecule has 3 rings (SSSR count). The zero-order chi connectivity index (χ0) is 12.5. The van der Waals surface area contributed by atoms with Crippen LogP contribution in [-0.2, 0) is 0 Å². The second kappa shape index (κ2) is 5.32. The highest BCUT2D eigenvalue weighted by molar-refractivity contribution is 7.12. The topological polar surface area (TPSA) is 6.48 Å². The largest absolute Gasteiger partial charge is 0.299 e. The summed E-state index contributed by atoms with van der Waals surface area (Å²) in [7, 11) is 0. The molecule has 3 heterocycles. The number of rotatable bonds is 2. The normalized spacial score (nSPS) is 28.0. The molecule has 2 aliphatic heterocycles. The fraction of sp³-hybridized carbons (Fsp3) is 0.733. The Morgan fingerprint density at radius 1 is 1.22 bits per heavy atom. The van der Waals surface area contributed by atoms with E-state index >= 15 is 0 Å². The smallest absolute Gasteiger partial charge is 0.0414 e. The molecule has 3 heteroatoms. The Morgan fingerprint density at radius 3 is 2.83 bits per heavy atom. The second-order valence-corrected chi connectivity index (χ2v) is 7.12. The predicted octanol–water partition coefficient (Wildman–Crippen LogP) is 3.29. The van der Waals surface area contributed by atoms with Gasteiger partial charge in [-0.2, -0.15) is 0 Å². The quantitative estimate of drug-likeness (QED) is 0.809. The number of thiophene rings is 1. The first-order valence-electron chi connectivity index (χ1n) is 7.28. The summed E-state index contributed by atoms with van der Waals surface area (Å²) >= 11 is 1.97. The summed E-state index contributed by atoms with van der Waals surface area (Å²) in [4.78, 5) is 8.40. The summed E-state index contributed by atoms with van der Waals surface area (Å²) in [5.74, 6) is 0. The van der Waals surface area contributed by atoms with Gasteiger partial charge in [0.2, 0.25) is 0 Å². The van der Waals surface area contributed by atoms with Crippen LogP contribution in [0.3, 0.4) is 0 Å². The van der Waals surface area contributed by atoms with E-state index in [0.717, 1.165) is 6.04 Å². The molecule has 2 aliphatic rings. The Bertz CT molecular complexity index is 401. The van der Waals surface area contributed by atoms with Gasteiger partial charge in [-0.05, 0) is 58.3 Å². The van der Waals surface area contributed by atoms with Crippen molar-refractivity contribution in [3.05, 3.63) is 21.9 Å². The summed E-state index contributed by atoms with van der Waals surface area (Å²) < 4.78 is 0. The third kappa shape index (κ3) is 2.49. The number of hydrogen-bond donors (Lipinski definition) is 0. The Kier molecular flexibility index (Phi) is 3.73. The van der Waals surface area contributed by atoms with E-state index in [2.05, 4.69) is 35.8 Å². The van der Waals surface area contributed by atoms with E-state index in [0.29, 0.717) is 6.04 Å². The highest BCUT2D eigenvalue weighted by Crippen LogP contribution is 2.30. The van der Waals surface area contributed by atoms with Gasteiger partial charge in [-0.25, -0.2) is 0 Å². The van der Waals surface area contributed by atoms with Crippen molar-refractivity contribution < 1.29 is 0 Å². The van der Waals surface area contributed by atoms with Gasteiger partial charge in [-0.3, -0.25) is 9.80 Å². The molecule has 0 amide bonds. The van der Waals surface area contributed by atoms with Crippen LogP contribution in [0, 0.1) is 6.92 Å². The van der Waals surface area contributed by atoms with Crippen molar-refractivity contribution in [1.29, 1.82) is 0 Å². The van der Waals surface area contributed by atoms with Crippen LogP contribution < -0.4 is 0 Å². The minimum atomic E-state index is 0.601. The Balaban J connectivity index is 1.71. The summed E-state index contributed by atoms with van der Waals surface area (Å²) in [6.07, 6.45) is 4.16.